The summed E-state index contributed by atoms with van der Waals surface area (Å²) in [6.07, 6.45) is 1.61. The molecule has 0 fully saturated rings. The third-order valence-electron chi connectivity index (χ3n) is 3.85. The largest absolute Gasteiger partial charge is 0.459 e. The highest BCUT2D eigenvalue weighted by Crippen LogP contribution is 2.16. The Labute approximate surface area is 174 Å². The molecule has 9 heteroatoms. The zero-order valence-electron chi connectivity index (χ0n) is 15.2. The van der Waals surface area contributed by atoms with Crippen molar-refractivity contribution in [2.24, 2.45) is 0 Å². The molecule has 8 nitrogen and oxygen atoms in total. The SMILES string of the molecule is O=C(Cc1ccc(NC(=O)c2ccc(Br)o2)cc1)NCCNC(=O)c1ccco1. The Morgan fingerprint density at radius 1 is 0.862 bits per heavy atom. The van der Waals surface area contributed by atoms with Crippen LogP contribution in [-0.4, -0.2) is 30.8 Å². The van der Waals surface area contributed by atoms with Gasteiger partial charge >= 0.3 is 0 Å². The van der Waals surface area contributed by atoms with Crippen LogP contribution in [0, 0.1) is 0 Å². The van der Waals surface area contributed by atoms with E-state index in [0.29, 0.717) is 23.4 Å². The monoisotopic (exact) mass is 459 g/mol. The van der Waals surface area contributed by atoms with Gasteiger partial charge in [0.25, 0.3) is 11.8 Å². The summed E-state index contributed by atoms with van der Waals surface area (Å²) < 4.78 is 10.7. The van der Waals surface area contributed by atoms with Crippen LogP contribution in [0.1, 0.15) is 26.7 Å². The summed E-state index contributed by atoms with van der Waals surface area (Å²) in [6, 6.07) is 13.3. The van der Waals surface area contributed by atoms with Crippen molar-refractivity contribution in [3.63, 3.8) is 0 Å². The normalized spacial score (nSPS) is 10.4. The zero-order chi connectivity index (χ0) is 20.6. The molecule has 0 saturated carbocycles. The van der Waals surface area contributed by atoms with Gasteiger partial charge in [0.2, 0.25) is 5.91 Å². The summed E-state index contributed by atoms with van der Waals surface area (Å²) in [5.74, 6) is -0.446. The molecule has 2 aromatic heterocycles. The molecule has 3 aromatic rings. The van der Waals surface area contributed by atoms with Gasteiger partial charge in [-0.15, -0.1) is 0 Å². The van der Waals surface area contributed by atoms with E-state index in [9.17, 15) is 14.4 Å². The molecular formula is C20H18BrN3O5. The highest BCUT2D eigenvalue weighted by molar-refractivity contribution is 9.10. The van der Waals surface area contributed by atoms with E-state index in [1.54, 1.807) is 48.5 Å². The molecule has 0 atom stereocenters. The van der Waals surface area contributed by atoms with Crippen LogP contribution in [0.5, 0.6) is 0 Å². The van der Waals surface area contributed by atoms with Crippen LogP contribution < -0.4 is 16.0 Å². The van der Waals surface area contributed by atoms with Gasteiger partial charge in [0.15, 0.2) is 16.2 Å². The molecule has 2 heterocycles. The van der Waals surface area contributed by atoms with Gasteiger partial charge in [-0.1, -0.05) is 12.1 Å². The minimum Gasteiger partial charge on any atom is -0.459 e. The van der Waals surface area contributed by atoms with Crippen LogP contribution in [0.4, 0.5) is 5.69 Å². The van der Waals surface area contributed by atoms with Crippen molar-refractivity contribution in [3.8, 4) is 0 Å². The number of benzene rings is 1. The first-order valence-corrected chi connectivity index (χ1v) is 9.54. The van der Waals surface area contributed by atoms with Crippen LogP contribution in [0.15, 0.2) is 68.3 Å². The first kappa shape index (κ1) is 20.4. The van der Waals surface area contributed by atoms with Gasteiger partial charge in [-0.3, -0.25) is 14.4 Å². The molecule has 3 N–H and O–H groups in total. The van der Waals surface area contributed by atoms with E-state index in [4.69, 9.17) is 8.83 Å². The van der Waals surface area contributed by atoms with Crippen LogP contribution >= 0.6 is 15.9 Å². The number of furan rings is 2. The van der Waals surface area contributed by atoms with E-state index in [-0.39, 0.29) is 35.7 Å². The van der Waals surface area contributed by atoms with Crippen molar-refractivity contribution < 1.29 is 23.2 Å². The number of nitrogens with one attached hydrogen (secondary N) is 3. The van der Waals surface area contributed by atoms with Crippen molar-refractivity contribution in [3.05, 3.63) is 76.5 Å². The zero-order valence-corrected chi connectivity index (χ0v) is 16.8. The standard InChI is InChI=1S/C20H18BrN3O5/c21-17-8-7-16(29-17)20(27)24-14-5-3-13(4-6-14)12-18(25)22-9-10-23-19(26)15-2-1-11-28-15/h1-8,11H,9-10,12H2,(H,22,25)(H,23,26)(H,24,27). The Bertz CT molecular complexity index is 980. The van der Waals surface area contributed by atoms with E-state index in [0.717, 1.165) is 5.56 Å². The maximum absolute atomic E-state index is 12.0. The molecule has 3 rings (SSSR count). The fraction of sp³-hybridized carbons (Fsp3) is 0.150. The molecule has 0 aliphatic carbocycles. The second-order valence-electron chi connectivity index (χ2n) is 6.01. The van der Waals surface area contributed by atoms with E-state index in [1.807, 2.05) is 0 Å². The molecule has 0 aliphatic rings. The van der Waals surface area contributed by atoms with Gasteiger partial charge in [0.05, 0.1) is 12.7 Å². The second-order valence-corrected chi connectivity index (χ2v) is 6.80. The first-order chi connectivity index (χ1) is 14.0. The summed E-state index contributed by atoms with van der Waals surface area (Å²) in [5, 5.41) is 8.09. The molecule has 0 unspecified atom stereocenters. The van der Waals surface area contributed by atoms with Crippen molar-refractivity contribution in [2.45, 2.75) is 6.42 Å². The van der Waals surface area contributed by atoms with Crippen LogP contribution in [0.2, 0.25) is 0 Å². The molecular weight excluding hydrogens is 442 g/mol. The number of halogens is 1. The molecule has 3 amide bonds. The van der Waals surface area contributed by atoms with E-state index in [2.05, 4.69) is 31.9 Å². The highest BCUT2D eigenvalue weighted by Gasteiger charge is 2.11. The Hall–Kier alpha value is -3.33. The van der Waals surface area contributed by atoms with Gasteiger partial charge in [0, 0.05) is 18.8 Å². The van der Waals surface area contributed by atoms with Crippen molar-refractivity contribution in [1.82, 2.24) is 10.6 Å². The van der Waals surface area contributed by atoms with Crippen molar-refractivity contribution in [2.75, 3.05) is 18.4 Å². The number of hydrogen-bond donors (Lipinski definition) is 3. The fourth-order valence-corrected chi connectivity index (χ4v) is 2.76. The summed E-state index contributed by atoms with van der Waals surface area (Å²) >= 11 is 3.15. The molecule has 0 saturated heterocycles. The lowest BCUT2D eigenvalue weighted by molar-refractivity contribution is -0.120. The van der Waals surface area contributed by atoms with Crippen molar-refractivity contribution in [1.29, 1.82) is 0 Å². The minimum atomic E-state index is -0.363. The number of hydrogen-bond acceptors (Lipinski definition) is 5. The summed E-state index contributed by atoms with van der Waals surface area (Å²) in [4.78, 5) is 35.7. The lowest BCUT2D eigenvalue weighted by Crippen LogP contribution is -2.35. The van der Waals surface area contributed by atoms with Gasteiger partial charge in [-0.05, 0) is 57.9 Å². The Morgan fingerprint density at radius 3 is 2.28 bits per heavy atom. The average Bonchev–Trinajstić information content (AvgIpc) is 3.38. The first-order valence-electron chi connectivity index (χ1n) is 8.75. The quantitative estimate of drug-likeness (QED) is 0.448. The molecule has 0 bridgehead atoms. The molecule has 0 aliphatic heterocycles. The molecule has 0 radical (unpaired) electrons. The topological polar surface area (TPSA) is 114 Å². The summed E-state index contributed by atoms with van der Waals surface area (Å²) in [6.45, 7) is 0.595. The predicted octanol–water partition coefficient (Wildman–Crippen LogP) is 2.98. The number of carbonyl (C=O) groups excluding carboxylic acids is 3. The van der Waals surface area contributed by atoms with Crippen molar-refractivity contribution >= 4 is 39.3 Å². The Balaban J connectivity index is 1.39. The highest BCUT2D eigenvalue weighted by atomic mass is 79.9. The van der Waals surface area contributed by atoms with Gasteiger partial charge < -0.3 is 24.8 Å². The van der Waals surface area contributed by atoms with E-state index < -0.39 is 0 Å². The molecule has 0 spiro atoms. The number of anilines is 1. The lowest BCUT2D eigenvalue weighted by Gasteiger charge is -2.07. The fourth-order valence-electron chi connectivity index (χ4n) is 2.46. The maximum Gasteiger partial charge on any atom is 0.291 e. The van der Waals surface area contributed by atoms with Gasteiger partial charge in [0.1, 0.15) is 0 Å². The molecule has 29 heavy (non-hydrogen) atoms. The van der Waals surface area contributed by atoms with E-state index in [1.165, 1.54) is 6.26 Å². The van der Waals surface area contributed by atoms with Crippen LogP contribution in [0.25, 0.3) is 0 Å². The average molecular weight is 460 g/mol. The van der Waals surface area contributed by atoms with Gasteiger partial charge in [-0.25, -0.2) is 0 Å². The number of amides is 3. The van der Waals surface area contributed by atoms with Gasteiger partial charge in [-0.2, -0.15) is 0 Å². The molecule has 1 aromatic carbocycles. The van der Waals surface area contributed by atoms with Crippen LogP contribution in [0.3, 0.4) is 0 Å². The number of rotatable bonds is 8. The third kappa shape index (κ3) is 6.08. The number of carbonyl (C=O) groups is 3. The smallest absolute Gasteiger partial charge is 0.291 e. The Kier molecular flexibility index (Phi) is 6.85. The molecule has 150 valence electrons. The Morgan fingerprint density at radius 2 is 1.62 bits per heavy atom. The van der Waals surface area contributed by atoms with Crippen LogP contribution in [-0.2, 0) is 11.2 Å². The summed E-state index contributed by atoms with van der Waals surface area (Å²) in [5.41, 5.74) is 1.38. The third-order valence-corrected chi connectivity index (χ3v) is 4.28. The lowest BCUT2D eigenvalue weighted by atomic mass is 10.1. The summed E-state index contributed by atoms with van der Waals surface area (Å²) in [7, 11) is 0. The predicted molar refractivity (Wildman–Crippen MR) is 109 cm³/mol. The second kappa shape index (κ2) is 9.74. The van der Waals surface area contributed by atoms with E-state index >= 15 is 0 Å². The maximum atomic E-state index is 12.0. The minimum absolute atomic E-state index is 0.172.